The summed E-state index contributed by atoms with van der Waals surface area (Å²) in [6.45, 7) is 4.44. The average molecular weight is 353 g/mol. The predicted molar refractivity (Wildman–Crippen MR) is 100 cm³/mol. The summed E-state index contributed by atoms with van der Waals surface area (Å²) in [5.74, 6) is -0.241. The van der Waals surface area contributed by atoms with Crippen LogP contribution in [0.3, 0.4) is 0 Å². The monoisotopic (exact) mass is 353 g/mol. The highest BCUT2D eigenvalue weighted by Gasteiger charge is 2.22. The quantitative estimate of drug-likeness (QED) is 0.661. The number of carbonyl (C=O) groups is 1. The van der Waals surface area contributed by atoms with Crippen LogP contribution in [0.5, 0.6) is 0 Å². The summed E-state index contributed by atoms with van der Waals surface area (Å²) in [6.07, 6.45) is 1.76. The first-order chi connectivity index (χ1) is 12.5. The Morgan fingerprint density at radius 1 is 1.19 bits per heavy atom. The van der Waals surface area contributed by atoms with Crippen molar-refractivity contribution in [1.29, 1.82) is 0 Å². The van der Waals surface area contributed by atoms with Gasteiger partial charge in [-0.15, -0.1) is 0 Å². The van der Waals surface area contributed by atoms with E-state index in [-0.39, 0.29) is 17.6 Å². The van der Waals surface area contributed by atoms with Gasteiger partial charge in [-0.3, -0.25) is 19.8 Å². The van der Waals surface area contributed by atoms with Gasteiger partial charge < -0.3 is 5.32 Å². The fraction of sp³-hybridized carbons (Fsp3) is 0.350. The largest absolute Gasteiger partial charge is 0.349 e. The molecule has 1 fully saturated rings. The lowest BCUT2D eigenvalue weighted by Crippen LogP contribution is -2.44. The van der Waals surface area contributed by atoms with Gasteiger partial charge in [-0.2, -0.15) is 0 Å². The summed E-state index contributed by atoms with van der Waals surface area (Å²) >= 11 is 0. The zero-order valence-corrected chi connectivity index (χ0v) is 14.9. The number of nitro groups is 1. The highest BCUT2D eigenvalue weighted by Crippen LogP contribution is 2.20. The van der Waals surface area contributed by atoms with E-state index in [1.165, 1.54) is 11.6 Å². The van der Waals surface area contributed by atoms with E-state index in [1.54, 1.807) is 19.1 Å². The molecule has 0 aromatic heterocycles. The van der Waals surface area contributed by atoms with Crippen LogP contribution in [-0.4, -0.2) is 34.9 Å². The minimum absolute atomic E-state index is 0.0182. The Morgan fingerprint density at radius 2 is 1.88 bits per heavy atom. The number of rotatable bonds is 5. The summed E-state index contributed by atoms with van der Waals surface area (Å²) < 4.78 is 0. The highest BCUT2D eigenvalue weighted by molar-refractivity contribution is 5.95. The molecule has 6 nitrogen and oxygen atoms in total. The van der Waals surface area contributed by atoms with Crippen LogP contribution in [0.4, 0.5) is 5.69 Å². The molecule has 136 valence electrons. The minimum atomic E-state index is -0.450. The van der Waals surface area contributed by atoms with Crippen molar-refractivity contribution in [2.45, 2.75) is 32.4 Å². The minimum Gasteiger partial charge on any atom is -0.349 e. The molecule has 1 aliphatic rings. The summed E-state index contributed by atoms with van der Waals surface area (Å²) in [4.78, 5) is 25.4. The second kappa shape index (κ2) is 8.10. The number of nitrogens with one attached hydrogen (secondary N) is 1. The van der Waals surface area contributed by atoms with E-state index in [0.29, 0.717) is 11.1 Å². The fourth-order valence-electron chi connectivity index (χ4n) is 3.29. The number of aryl methyl sites for hydroxylation is 1. The van der Waals surface area contributed by atoms with Gasteiger partial charge in [-0.25, -0.2) is 0 Å². The van der Waals surface area contributed by atoms with Crippen molar-refractivity contribution in [1.82, 2.24) is 10.2 Å². The Kier molecular flexibility index (Phi) is 5.63. The van der Waals surface area contributed by atoms with E-state index >= 15 is 0 Å². The Hall–Kier alpha value is -2.73. The first kappa shape index (κ1) is 18.1. The molecule has 1 N–H and O–H groups in total. The summed E-state index contributed by atoms with van der Waals surface area (Å²) in [5.41, 5.74) is 2.17. The molecule has 0 spiro atoms. The van der Waals surface area contributed by atoms with Gasteiger partial charge in [0.1, 0.15) is 0 Å². The molecule has 0 atom stereocenters. The molecule has 0 bridgehead atoms. The molecule has 2 aromatic rings. The molecule has 1 aliphatic heterocycles. The van der Waals surface area contributed by atoms with Gasteiger partial charge >= 0.3 is 0 Å². The smallest absolute Gasteiger partial charge is 0.273 e. The van der Waals surface area contributed by atoms with Crippen molar-refractivity contribution in [2.75, 3.05) is 13.1 Å². The lowest BCUT2D eigenvalue weighted by molar-refractivity contribution is -0.385. The number of likely N-dealkylation sites (tertiary alicyclic amines) is 1. The molecule has 1 amide bonds. The summed E-state index contributed by atoms with van der Waals surface area (Å²) in [5, 5.41) is 14.1. The first-order valence-electron chi connectivity index (χ1n) is 8.85. The fourth-order valence-corrected chi connectivity index (χ4v) is 3.29. The molecule has 2 aromatic carbocycles. The highest BCUT2D eigenvalue weighted by atomic mass is 16.6. The predicted octanol–water partition coefficient (Wildman–Crippen LogP) is 3.30. The van der Waals surface area contributed by atoms with Gasteiger partial charge in [0.2, 0.25) is 0 Å². The number of piperidine rings is 1. The van der Waals surface area contributed by atoms with Crippen molar-refractivity contribution in [3.8, 4) is 0 Å². The van der Waals surface area contributed by atoms with Crippen molar-refractivity contribution in [3.05, 3.63) is 75.3 Å². The molecule has 0 radical (unpaired) electrons. The lowest BCUT2D eigenvalue weighted by atomic mass is 10.0. The number of hydrogen-bond donors (Lipinski definition) is 1. The SMILES string of the molecule is Cc1ccc(C(=O)NC2CCN(Cc3ccccc3)CC2)cc1[N+](=O)[O-]. The lowest BCUT2D eigenvalue weighted by Gasteiger charge is -2.32. The molecular formula is C20H23N3O3. The molecule has 3 rings (SSSR count). The molecule has 0 unspecified atom stereocenters. The number of nitro benzene ring substituents is 1. The molecule has 0 aliphatic carbocycles. The van der Waals surface area contributed by atoms with Crippen molar-refractivity contribution >= 4 is 11.6 Å². The van der Waals surface area contributed by atoms with E-state index in [0.717, 1.165) is 32.5 Å². The van der Waals surface area contributed by atoms with Gasteiger partial charge in [0, 0.05) is 42.9 Å². The number of amides is 1. The molecule has 1 saturated heterocycles. The Bertz CT molecular complexity index is 784. The van der Waals surface area contributed by atoms with Gasteiger partial charge in [0.25, 0.3) is 11.6 Å². The third-order valence-corrected chi connectivity index (χ3v) is 4.84. The van der Waals surface area contributed by atoms with Crippen molar-refractivity contribution in [2.24, 2.45) is 0 Å². The third-order valence-electron chi connectivity index (χ3n) is 4.84. The number of nitrogens with zero attached hydrogens (tertiary/aromatic N) is 2. The normalized spacial score (nSPS) is 15.6. The van der Waals surface area contributed by atoms with E-state index in [9.17, 15) is 14.9 Å². The average Bonchev–Trinajstić information content (AvgIpc) is 2.64. The van der Waals surface area contributed by atoms with Gasteiger partial charge in [0.15, 0.2) is 0 Å². The number of benzene rings is 2. The van der Waals surface area contributed by atoms with Crippen LogP contribution in [-0.2, 0) is 6.54 Å². The van der Waals surface area contributed by atoms with Crippen LogP contribution in [0.15, 0.2) is 48.5 Å². The summed E-state index contributed by atoms with van der Waals surface area (Å²) in [7, 11) is 0. The Balaban J connectivity index is 1.53. The van der Waals surface area contributed by atoms with Gasteiger partial charge in [0.05, 0.1) is 4.92 Å². The van der Waals surface area contributed by atoms with Crippen LogP contribution in [0.2, 0.25) is 0 Å². The zero-order valence-electron chi connectivity index (χ0n) is 14.9. The maximum Gasteiger partial charge on any atom is 0.273 e. The first-order valence-corrected chi connectivity index (χ1v) is 8.85. The van der Waals surface area contributed by atoms with E-state index in [4.69, 9.17) is 0 Å². The summed E-state index contributed by atoms with van der Waals surface area (Å²) in [6, 6.07) is 15.1. The Labute approximate surface area is 153 Å². The van der Waals surface area contributed by atoms with Crippen LogP contribution in [0.25, 0.3) is 0 Å². The van der Waals surface area contributed by atoms with Crippen LogP contribution >= 0.6 is 0 Å². The molecule has 6 heteroatoms. The molecular weight excluding hydrogens is 330 g/mol. The van der Waals surface area contributed by atoms with Crippen molar-refractivity contribution < 1.29 is 9.72 Å². The van der Waals surface area contributed by atoms with Crippen LogP contribution in [0.1, 0.15) is 34.3 Å². The maximum atomic E-state index is 12.4. The van der Waals surface area contributed by atoms with Crippen LogP contribution in [0, 0.1) is 17.0 Å². The van der Waals surface area contributed by atoms with E-state index < -0.39 is 4.92 Å². The van der Waals surface area contributed by atoms with Crippen molar-refractivity contribution in [3.63, 3.8) is 0 Å². The number of hydrogen-bond acceptors (Lipinski definition) is 4. The zero-order chi connectivity index (χ0) is 18.5. The topological polar surface area (TPSA) is 75.5 Å². The maximum absolute atomic E-state index is 12.4. The third kappa shape index (κ3) is 4.46. The Morgan fingerprint density at radius 3 is 2.54 bits per heavy atom. The number of carbonyl (C=O) groups excluding carboxylic acids is 1. The van der Waals surface area contributed by atoms with Gasteiger partial charge in [-0.05, 0) is 31.4 Å². The van der Waals surface area contributed by atoms with Crippen LogP contribution < -0.4 is 5.32 Å². The van der Waals surface area contributed by atoms with E-state index in [2.05, 4.69) is 22.3 Å². The van der Waals surface area contributed by atoms with Gasteiger partial charge in [-0.1, -0.05) is 36.4 Å². The molecule has 0 saturated carbocycles. The second-order valence-corrected chi connectivity index (χ2v) is 6.77. The molecule has 1 heterocycles. The molecule has 26 heavy (non-hydrogen) atoms. The van der Waals surface area contributed by atoms with E-state index in [1.807, 2.05) is 18.2 Å². The standard InChI is InChI=1S/C20H23N3O3/c1-15-7-8-17(13-19(15)23(25)26)20(24)21-18-9-11-22(12-10-18)14-16-5-3-2-4-6-16/h2-8,13,18H,9-12,14H2,1H3,(H,21,24). The second-order valence-electron chi connectivity index (χ2n) is 6.77.